The highest BCUT2D eigenvalue weighted by atomic mass is 16.7. The van der Waals surface area contributed by atoms with Crippen LogP contribution in [0.25, 0.3) is 0 Å². The van der Waals surface area contributed by atoms with Gasteiger partial charge in [-0.3, -0.25) is 0 Å². The minimum absolute atomic E-state index is 0.416. The van der Waals surface area contributed by atoms with Gasteiger partial charge in [-0.2, -0.15) is 0 Å². The van der Waals surface area contributed by atoms with Crippen molar-refractivity contribution in [1.29, 1.82) is 0 Å². The Kier molecular flexibility index (Phi) is 3.47. The van der Waals surface area contributed by atoms with Crippen LogP contribution >= 0.6 is 0 Å². The number of ether oxygens (including phenoxy) is 2. The monoisotopic (exact) mass is 240 g/mol. The molecule has 0 aromatic carbocycles. The third-order valence-electron chi connectivity index (χ3n) is 3.71. The van der Waals surface area contributed by atoms with Gasteiger partial charge in [0.2, 0.25) is 5.90 Å². The standard InChI is InChI=1S/C12H20N2O3/c1-2-10-8-11(7-9(1)13-10)15-5-6-16-12-3-4-17-14-12/h9-11,13H,1-8H2/t9-,10+,11?. The molecule has 3 aliphatic rings. The third-order valence-corrected chi connectivity index (χ3v) is 3.71. The van der Waals surface area contributed by atoms with Crippen LogP contribution in [0.15, 0.2) is 5.16 Å². The Balaban J connectivity index is 1.32. The van der Waals surface area contributed by atoms with Crippen LogP contribution in [0.5, 0.6) is 0 Å². The maximum absolute atomic E-state index is 5.86. The summed E-state index contributed by atoms with van der Waals surface area (Å²) in [5.74, 6) is 0.707. The smallest absolute Gasteiger partial charge is 0.229 e. The maximum atomic E-state index is 5.86. The van der Waals surface area contributed by atoms with Crippen LogP contribution in [-0.4, -0.2) is 43.9 Å². The molecule has 0 amide bonds. The SMILES string of the molecule is C1CC(OCCOC2C[C@H]3CC[C@@H](C2)N3)=NO1. The first-order valence-corrected chi connectivity index (χ1v) is 6.59. The van der Waals surface area contributed by atoms with Crippen molar-refractivity contribution in [3.05, 3.63) is 0 Å². The Labute approximate surface area is 101 Å². The normalized spacial score (nSPS) is 35.5. The van der Waals surface area contributed by atoms with Crippen molar-refractivity contribution in [1.82, 2.24) is 5.32 Å². The van der Waals surface area contributed by atoms with Gasteiger partial charge in [-0.25, -0.2) is 0 Å². The van der Waals surface area contributed by atoms with Gasteiger partial charge in [-0.15, -0.1) is 0 Å². The number of piperidine rings is 1. The molecule has 3 aliphatic heterocycles. The number of rotatable bonds is 4. The molecule has 1 unspecified atom stereocenters. The van der Waals surface area contributed by atoms with E-state index in [2.05, 4.69) is 10.5 Å². The second kappa shape index (κ2) is 5.23. The number of nitrogens with one attached hydrogen (secondary N) is 1. The van der Waals surface area contributed by atoms with Crippen molar-refractivity contribution in [2.45, 2.75) is 50.3 Å². The fourth-order valence-corrected chi connectivity index (χ4v) is 2.91. The number of hydrogen-bond acceptors (Lipinski definition) is 5. The van der Waals surface area contributed by atoms with Gasteiger partial charge >= 0.3 is 0 Å². The topological polar surface area (TPSA) is 52.1 Å². The average Bonchev–Trinajstić information content (AvgIpc) is 2.95. The summed E-state index contributed by atoms with van der Waals surface area (Å²) >= 11 is 0. The van der Waals surface area contributed by atoms with E-state index in [1.165, 1.54) is 12.8 Å². The Hall–Kier alpha value is -0.810. The van der Waals surface area contributed by atoms with Gasteiger partial charge in [0.05, 0.1) is 19.1 Å². The quantitative estimate of drug-likeness (QED) is 0.746. The zero-order valence-corrected chi connectivity index (χ0v) is 10.1. The molecule has 1 N–H and O–H groups in total. The number of hydrogen-bond donors (Lipinski definition) is 1. The molecule has 0 radical (unpaired) electrons. The summed E-state index contributed by atoms with van der Waals surface area (Å²) < 4.78 is 11.3. The van der Waals surface area contributed by atoms with Gasteiger partial charge in [0.25, 0.3) is 0 Å². The maximum Gasteiger partial charge on any atom is 0.229 e. The highest BCUT2D eigenvalue weighted by Crippen LogP contribution is 2.28. The molecular weight excluding hydrogens is 220 g/mol. The predicted molar refractivity (Wildman–Crippen MR) is 62.9 cm³/mol. The number of oxime groups is 1. The number of fused-ring (bicyclic) bond motifs is 2. The van der Waals surface area contributed by atoms with Gasteiger partial charge in [0.1, 0.15) is 13.2 Å². The van der Waals surface area contributed by atoms with Crippen LogP contribution in [0.3, 0.4) is 0 Å². The molecule has 2 saturated heterocycles. The van der Waals surface area contributed by atoms with Gasteiger partial charge < -0.3 is 19.6 Å². The Morgan fingerprint density at radius 3 is 2.76 bits per heavy atom. The lowest BCUT2D eigenvalue weighted by atomic mass is 10.0. The van der Waals surface area contributed by atoms with Crippen molar-refractivity contribution >= 4 is 5.90 Å². The minimum Gasteiger partial charge on any atom is -0.476 e. The van der Waals surface area contributed by atoms with Gasteiger partial charge in [-0.05, 0) is 25.7 Å². The minimum atomic E-state index is 0.416. The Morgan fingerprint density at radius 1 is 1.24 bits per heavy atom. The van der Waals surface area contributed by atoms with Crippen LogP contribution in [0.1, 0.15) is 32.1 Å². The van der Waals surface area contributed by atoms with E-state index in [0.717, 1.165) is 19.3 Å². The summed E-state index contributed by atoms with van der Waals surface area (Å²) in [7, 11) is 0. The van der Waals surface area contributed by atoms with Crippen molar-refractivity contribution in [2.24, 2.45) is 5.16 Å². The van der Waals surface area contributed by atoms with Crippen LogP contribution in [0, 0.1) is 0 Å². The van der Waals surface area contributed by atoms with E-state index in [-0.39, 0.29) is 0 Å². The Bertz CT molecular complexity index is 283. The van der Waals surface area contributed by atoms with Gasteiger partial charge in [0.15, 0.2) is 0 Å². The first kappa shape index (κ1) is 11.3. The summed E-state index contributed by atoms with van der Waals surface area (Å²) in [6.45, 7) is 1.89. The number of nitrogens with zero attached hydrogens (tertiary/aromatic N) is 1. The molecule has 0 saturated carbocycles. The van der Waals surface area contributed by atoms with Crippen LogP contribution in [-0.2, 0) is 14.3 Å². The van der Waals surface area contributed by atoms with Crippen LogP contribution < -0.4 is 5.32 Å². The molecule has 0 aliphatic carbocycles. The lowest BCUT2D eigenvalue weighted by molar-refractivity contribution is 0.00393. The third kappa shape index (κ3) is 2.90. The molecule has 0 spiro atoms. The zero-order chi connectivity index (χ0) is 11.5. The van der Waals surface area contributed by atoms with Crippen molar-refractivity contribution in [3.63, 3.8) is 0 Å². The molecule has 17 heavy (non-hydrogen) atoms. The summed E-state index contributed by atoms with van der Waals surface area (Å²) in [6.07, 6.45) is 6.14. The largest absolute Gasteiger partial charge is 0.476 e. The lowest BCUT2D eigenvalue weighted by Crippen LogP contribution is -2.41. The highest BCUT2D eigenvalue weighted by Gasteiger charge is 2.33. The van der Waals surface area contributed by atoms with E-state index < -0.39 is 0 Å². The van der Waals surface area contributed by atoms with Crippen LogP contribution in [0.4, 0.5) is 0 Å². The van der Waals surface area contributed by atoms with Crippen LogP contribution in [0.2, 0.25) is 0 Å². The molecule has 5 nitrogen and oxygen atoms in total. The van der Waals surface area contributed by atoms with E-state index in [0.29, 0.717) is 43.9 Å². The molecule has 0 aromatic rings. The predicted octanol–water partition coefficient (Wildman–Crippen LogP) is 1.04. The average molecular weight is 240 g/mol. The van der Waals surface area contributed by atoms with E-state index >= 15 is 0 Å². The van der Waals surface area contributed by atoms with Gasteiger partial charge in [-0.1, -0.05) is 5.16 Å². The van der Waals surface area contributed by atoms with Crippen molar-refractivity contribution < 1.29 is 14.3 Å². The van der Waals surface area contributed by atoms with E-state index in [1.807, 2.05) is 0 Å². The second-order valence-corrected chi connectivity index (χ2v) is 5.02. The summed E-state index contributed by atoms with van der Waals surface area (Å²) in [6, 6.07) is 1.37. The molecular formula is C12H20N2O3. The second-order valence-electron chi connectivity index (χ2n) is 5.02. The molecule has 3 rings (SSSR count). The fourth-order valence-electron chi connectivity index (χ4n) is 2.91. The lowest BCUT2D eigenvalue weighted by Gasteiger charge is -2.29. The first-order chi connectivity index (χ1) is 8.40. The fraction of sp³-hybridized carbons (Fsp3) is 0.917. The van der Waals surface area contributed by atoms with E-state index in [1.54, 1.807) is 0 Å². The molecule has 2 fully saturated rings. The first-order valence-electron chi connectivity index (χ1n) is 6.59. The Morgan fingerprint density at radius 2 is 2.06 bits per heavy atom. The van der Waals surface area contributed by atoms with Gasteiger partial charge in [0, 0.05) is 12.1 Å². The summed E-state index contributed by atoms with van der Waals surface area (Å²) in [5, 5.41) is 7.39. The molecule has 96 valence electrons. The molecule has 2 bridgehead atoms. The highest BCUT2D eigenvalue weighted by molar-refractivity contribution is 5.76. The molecule has 3 atom stereocenters. The molecule has 5 heteroatoms. The summed E-state index contributed by atoms with van der Waals surface area (Å²) in [4.78, 5) is 4.85. The van der Waals surface area contributed by atoms with Crippen molar-refractivity contribution in [3.8, 4) is 0 Å². The summed E-state index contributed by atoms with van der Waals surface area (Å²) in [5.41, 5.74) is 0. The van der Waals surface area contributed by atoms with E-state index in [4.69, 9.17) is 14.3 Å². The molecule has 3 heterocycles. The zero-order valence-electron chi connectivity index (χ0n) is 10.1. The molecule has 0 aromatic heterocycles. The van der Waals surface area contributed by atoms with Crippen molar-refractivity contribution in [2.75, 3.05) is 19.8 Å². The van der Waals surface area contributed by atoms with E-state index in [9.17, 15) is 0 Å².